The Balaban J connectivity index is 2.33. The van der Waals surface area contributed by atoms with Crippen molar-refractivity contribution in [2.24, 2.45) is 5.73 Å². The van der Waals surface area contributed by atoms with Gasteiger partial charge in [0.2, 0.25) is 0 Å². The van der Waals surface area contributed by atoms with Gasteiger partial charge >= 0.3 is 0 Å². The van der Waals surface area contributed by atoms with Gasteiger partial charge in [0.05, 0.1) is 12.6 Å². The second-order valence-corrected chi connectivity index (χ2v) is 2.57. The Hall–Kier alpha value is -1.06. The Morgan fingerprint density at radius 3 is 2.58 bits per heavy atom. The number of ether oxygens (including phenoxy) is 1. The van der Waals surface area contributed by atoms with E-state index in [2.05, 4.69) is 0 Å². The number of hydrogen-bond donors (Lipinski definition) is 2. The number of hydrogen-bond acceptors (Lipinski definition) is 3. The maximum Gasteiger partial charge on any atom is 0.119 e. The molecule has 0 fully saturated rings. The van der Waals surface area contributed by atoms with E-state index in [1.807, 2.05) is 30.3 Å². The van der Waals surface area contributed by atoms with E-state index in [-0.39, 0.29) is 12.6 Å². The number of nitrogens with two attached hydrogens (primary N) is 1. The molecule has 0 spiro atoms. The van der Waals surface area contributed by atoms with E-state index >= 15 is 0 Å². The van der Waals surface area contributed by atoms with Crippen molar-refractivity contribution in [2.45, 2.75) is 6.04 Å². The number of benzene rings is 1. The predicted molar refractivity (Wildman–Crippen MR) is 47.0 cm³/mol. The van der Waals surface area contributed by atoms with Crippen LogP contribution < -0.4 is 10.5 Å². The number of para-hydroxylation sites is 1. The van der Waals surface area contributed by atoms with Crippen LogP contribution in [0.25, 0.3) is 0 Å². The molecule has 3 heteroatoms. The fourth-order valence-corrected chi connectivity index (χ4v) is 0.773. The molecular formula is C9H13NO2. The smallest absolute Gasteiger partial charge is 0.119 e. The molecule has 66 valence electrons. The molecule has 0 amide bonds. The van der Waals surface area contributed by atoms with Gasteiger partial charge in [0, 0.05) is 0 Å². The minimum atomic E-state index is -0.301. The van der Waals surface area contributed by atoms with E-state index in [0.717, 1.165) is 5.75 Å². The van der Waals surface area contributed by atoms with Crippen LogP contribution in [-0.4, -0.2) is 24.4 Å². The van der Waals surface area contributed by atoms with Crippen molar-refractivity contribution >= 4 is 0 Å². The zero-order valence-electron chi connectivity index (χ0n) is 6.81. The molecule has 12 heavy (non-hydrogen) atoms. The average molecular weight is 167 g/mol. The zero-order chi connectivity index (χ0) is 8.81. The SMILES string of the molecule is N[C@H](CO)COc1ccccc1. The first-order valence-corrected chi connectivity index (χ1v) is 3.87. The van der Waals surface area contributed by atoms with Gasteiger partial charge in [-0.3, -0.25) is 0 Å². The first-order valence-electron chi connectivity index (χ1n) is 3.87. The van der Waals surface area contributed by atoms with Gasteiger partial charge in [0.25, 0.3) is 0 Å². The molecule has 0 radical (unpaired) electrons. The first kappa shape index (κ1) is 9.03. The Labute approximate surface area is 71.8 Å². The van der Waals surface area contributed by atoms with E-state index in [4.69, 9.17) is 15.6 Å². The summed E-state index contributed by atoms with van der Waals surface area (Å²) in [5.41, 5.74) is 5.45. The molecule has 0 heterocycles. The summed E-state index contributed by atoms with van der Waals surface area (Å²) in [4.78, 5) is 0. The molecule has 1 aromatic carbocycles. The third-order valence-corrected chi connectivity index (χ3v) is 1.44. The van der Waals surface area contributed by atoms with Crippen LogP contribution in [0.2, 0.25) is 0 Å². The molecule has 0 aliphatic heterocycles. The van der Waals surface area contributed by atoms with E-state index in [1.54, 1.807) is 0 Å². The van der Waals surface area contributed by atoms with Gasteiger partial charge in [-0.05, 0) is 12.1 Å². The molecule has 0 aliphatic rings. The molecule has 3 nitrogen and oxygen atoms in total. The normalized spacial score (nSPS) is 12.5. The topological polar surface area (TPSA) is 55.5 Å². The Bertz CT molecular complexity index is 213. The monoisotopic (exact) mass is 167 g/mol. The molecule has 1 aromatic rings. The van der Waals surface area contributed by atoms with Crippen molar-refractivity contribution in [3.8, 4) is 5.75 Å². The standard InChI is InChI=1S/C9H13NO2/c10-8(6-11)7-12-9-4-2-1-3-5-9/h1-5,8,11H,6-7,10H2/t8-/m1/s1. The summed E-state index contributed by atoms with van der Waals surface area (Å²) in [5, 5.41) is 8.61. The molecule has 0 aromatic heterocycles. The van der Waals surface area contributed by atoms with Crippen molar-refractivity contribution in [1.29, 1.82) is 0 Å². The van der Waals surface area contributed by atoms with Crippen molar-refractivity contribution in [1.82, 2.24) is 0 Å². The maximum absolute atomic E-state index is 8.61. The Morgan fingerprint density at radius 2 is 2.00 bits per heavy atom. The molecule has 0 bridgehead atoms. The highest BCUT2D eigenvalue weighted by molar-refractivity contribution is 5.20. The molecule has 0 unspecified atom stereocenters. The molecule has 1 rings (SSSR count). The lowest BCUT2D eigenvalue weighted by Gasteiger charge is -2.09. The summed E-state index contributed by atoms with van der Waals surface area (Å²) in [6, 6.07) is 9.09. The average Bonchev–Trinajstić information content (AvgIpc) is 2.16. The van der Waals surface area contributed by atoms with Crippen LogP contribution in [0.3, 0.4) is 0 Å². The van der Waals surface area contributed by atoms with E-state index in [0.29, 0.717) is 6.61 Å². The minimum Gasteiger partial charge on any atom is -0.492 e. The highest BCUT2D eigenvalue weighted by Gasteiger charge is 1.99. The number of rotatable bonds is 4. The van der Waals surface area contributed by atoms with Crippen LogP contribution in [0, 0.1) is 0 Å². The van der Waals surface area contributed by atoms with E-state index in [9.17, 15) is 0 Å². The second-order valence-electron chi connectivity index (χ2n) is 2.57. The van der Waals surface area contributed by atoms with Gasteiger partial charge in [-0.15, -0.1) is 0 Å². The fourth-order valence-electron chi connectivity index (χ4n) is 0.773. The molecule has 3 N–H and O–H groups in total. The number of aliphatic hydroxyl groups is 1. The van der Waals surface area contributed by atoms with Crippen molar-refractivity contribution < 1.29 is 9.84 Å². The van der Waals surface area contributed by atoms with Crippen LogP contribution in [0.4, 0.5) is 0 Å². The molecule has 0 saturated heterocycles. The number of aliphatic hydroxyl groups excluding tert-OH is 1. The van der Waals surface area contributed by atoms with Gasteiger partial charge in [-0.2, -0.15) is 0 Å². The van der Waals surface area contributed by atoms with Crippen LogP contribution in [-0.2, 0) is 0 Å². The first-order chi connectivity index (χ1) is 5.83. The van der Waals surface area contributed by atoms with Gasteiger partial charge in [0.15, 0.2) is 0 Å². The van der Waals surface area contributed by atoms with Gasteiger partial charge in [0.1, 0.15) is 12.4 Å². The maximum atomic E-state index is 8.61. The van der Waals surface area contributed by atoms with Crippen molar-refractivity contribution in [3.05, 3.63) is 30.3 Å². The Kier molecular flexibility index (Phi) is 3.57. The third-order valence-electron chi connectivity index (χ3n) is 1.44. The highest BCUT2D eigenvalue weighted by Crippen LogP contribution is 2.07. The zero-order valence-corrected chi connectivity index (χ0v) is 6.81. The summed E-state index contributed by atoms with van der Waals surface area (Å²) < 4.78 is 5.27. The lowest BCUT2D eigenvalue weighted by molar-refractivity contribution is 0.206. The second kappa shape index (κ2) is 4.74. The van der Waals surface area contributed by atoms with Crippen molar-refractivity contribution in [3.63, 3.8) is 0 Å². The summed E-state index contributed by atoms with van der Waals surface area (Å²) in [5.74, 6) is 0.779. The van der Waals surface area contributed by atoms with Crippen LogP contribution in [0.1, 0.15) is 0 Å². The van der Waals surface area contributed by atoms with Crippen LogP contribution in [0.15, 0.2) is 30.3 Å². The van der Waals surface area contributed by atoms with Crippen LogP contribution in [0.5, 0.6) is 5.75 Å². The lowest BCUT2D eigenvalue weighted by Crippen LogP contribution is -2.31. The lowest BCUT2D eigenvalue weighted by atomic mass is 10.3. The summed E-state index contributed by atoms with van der Waals surface area (Å²) in [6.45, 7) is 0.299. The summed E-state index contributed by atoms with van der Waals surface area (Å²) >= 11 is 0. The quantitative estimate of drug-likeness (QED) is 0.681. The largest absolute Gasteiger partial charge is 0.492 e. The van der Waals surface area contributed by atoms with E-state index in [1.165, 1.54) is 0 Å². The molecule has 0 aliphatic carbocycles. The minimum absolute atomic E-state index is 0.0488. The molecule has 1 atom stereocenters. The van der Waals surface area contributed by atoms with E-state index < -0.39 is 0 Å². The Morgan fingerprint density at radius 1 is 1.33 bits per heavy atom. The fraction of sp³-hybridized carbons (Fsp3) is 0.333. The van der Waals surface area contributed by atoms with Gasteiger partial charge in [-0.1, -0.05) is 18.2 Å². The van der Waals surface area contributed by atoms with Gasteiger partial charge in [-0.25, -0.2) is 0 Å². The molecular weight excluding hydrogens is 154 g/mol. The predicted octanol–water partition coefficient (Wildman–Crippen LogP) is 0.385. The molecule has 0 saturated carbocycles. The summed E-state index contributed by atoms with van der Waals surface area (Å²) in [6.07, 6.45) is 0. The van der Waals surface area contributed by atoms with Crippen LogP contribution >= 0.6 is 0 Å². The highest BCUT2D eigenvalue weighted by atomic mass is 16.5. The van der Waals surface area contributed by atoms with Crippen molar-refractivity contribution in [2.75, 3.05) is 13.2 Å². The third kappa shape index (κ3) is 2.90. The summed E-state index contributed by atoms with van der Waals surface area (Å²) in [7, 11) is 0. The van der Waals surface area contributed by atoms with Gasteiger partial charge < -0.3 is 15.6 Å².